The van der Waals surface area contributed by atoms with E-state index in [1.165, 1.54) is 22.3 Å². The molecule has 2 N–H and O–H groups in total. The highest BCUT2D eigenvalue weighted by Crippen LogP contribution is 2.44. The third-order valence-corrected chi connectivity index (χ3v) is 9.82. The Balaban J connectivity index is 0.750. The van der Waals surface area contributed by atoms with Gasteiger partial charge in [-0.15, -0.1) is 0 Å². The van der Waals surface area contributed by atoms with Crippen molar-refractivity contribution in [3.05, 3.63) is 59.7 Å². The Labute approximate surface area is 374 Å². The first kappa shape index (κ1) is 52.8. The van der Waals surface area contributed by atoms with Crippen LogP contribution in [-0.4, -0.2) is 204 Å². The van der Waals surface area contributed by atoms with E-state index in [9.17, 15) is 4.79 Å². The summed E-state index contributed by atoms with van der Waals surface area (Å²) >= 11 is 0. The normalized spacial score (nSPS) is 14.0. The van der Waals surface area contributed by atoms with Gasteiger partial charge in [0.05, 0.1) is 171 Å². The Morgan fingerprint density at radius 2 is 0.762 bits per heavy atom. The lowest BCUT2D eigenvalue weighted by Crippen LogP contribution is -2.33. The second-order valence-corrected chi connectivity index (χ2v) is 14.4. The van der Waals surface area contributed by atoms with Crippen LogP contribution >= 0.6 is 0 Å². The highest BCUT2D eigenvalue weighted by molar-refractivity contribution is 5.79. The van der Waals surface area contributed by atoms with Gasteiger partial charge in [0.1, 0.15) is 6.61 Å². The number of ether oxygens (including phenoxy) is 14. The predicted molar refractivity (Wildman–Crippen MR) is 235 cm³/mol. The molecule has 1 fully saturated rings. The van der Waals surface area contributed by atoms with E-state index in [1.807, 2.05) is 24.3 Å². The van der Waals surface area contributed by atoms with Gasteiger partial charge in [-0.25, -0.2) is 4.79 Å². The molecule has 0 saturated carbocycles. The second-order valence-electron chi connectivity index (χ2n) is 14.4. The molecule has 0 aromatic heterocycles. The number of amides is 1. The zero-order valence-electron chi connectivity index (χ0n) is 37.3. The fourth-order valence-corrected chi connectivity index (χ4v) is 6.63. The number of fused-ring (bicyclic) bond motifs is 3. The van der Waals surface area contributed by atoms with Gasteiger partial charge in [-0.1, -0.05) is 48.5 Å². The van der Waals surface area contributed by atoms with Crippen LogP contribution in [0, 0.1) is 0 Å². The molecule has 0 bridgehead atoms. The molecule has 63 heavy (non-hydrogen) atoms. The van der Waals surface area contributed by atoms with Crippen LogP contribution < -0.4 is 10.6 Å². The van der Waals surface area contributed by atoms with Crippen molar-refractivity contribution < 1.29 is 71.1 Å². The summed E-state index contributed by atoms with van der Waals surface area (Å²) in [6.07, 6.45) is 2.06. The lowest BCUT2D eigenvalue weighted by molar-refractivity contribution is -0.0327. The highest BCUT2D eigenvalue weighted by Gasteiger charge is 2.29. The zero-order chi connectivity index (χ0) is 43.9. The number of alkyl carbamates (subject to hydrolysis) is 1. The molecule has 1 amide bonds. The van der Waals surface area contributed by atoms with Crippen molar-refractivity contribution in [2.45, 2.75) is 24.9 Å². The predicted octanol–water partition coefficient (Wildman–Crippen LogP) is 3.49. The summed E-state index contributed by atoms with van der Waals surface area (Å²) in [5.41, 5.74) is 4.77. The topological polar surface area (TPSA) is 170 Å². The Morgan fingerprint density at radius 3 is 1.13 bits per heavy atom. The van der Waals surface area contributed by atoms with Crippen LogP contribution in [0.15, 0.2) is 48.5 Å². The van der Waals surface area contributed by atoms with Gasteiger partial charge in [0, 0.05) is 12.5 Å². The Bertz CT molecular complexity index is 1340. The third kappa shape index (κ3) is 25.4. The molecule has 358 valence electrons. The first-order chi connectivity index (χ1) is 31.3. The minimum atomic E-state index is -0.453. The molecule has 2 aromatic rings. The summed E-state index contributed by atoms with van der Waals surface area (Å²) in [5.74, 6) is 0.0344. The molecule has 0 unspecified atom stereocenters. The van der Waals surface area contributed by atoms with Gasteiger partial charge in [-0.2, -0.15) is 0 Å². The summed E-state index contributed by atoms with van der Waals surface area (Å²) in [6.45, 7) is 15.2. The molecule has 1 aliphatic carbocycles. The fourth-order valence-electron chi connectivity index (χ4n) is 6.63. The van der Waals surface area contributed by atoms with Crippen LogP contribution in [0.1, 0.15) is 29.9 Å². The number of hydrogen-bond acceptors (Lipinski definition) is 16. The van der Waals surface area contributed by atoms with Gasteiger partial charge in [-0.05, 0) is 48.2 Å². The van der Waals surface area contributed by atoms with Crippen molar-refractivity contribution in [2.24, 2.45) is 0 Å². The van der Waals surface area contributed by atoms with Crippen LogP contribution in [0.5, 0.6) is 0 Å². The van der Waals surface area contributed by atoms with E-state index in [1.54, 1.807) is 0 Å². The van der Waals surface area contributed by atoms with Crippen LogP contribution in [-0.2, 0) is 66.3 Å². The maximum atomic E-state index is 12.3. The number of benzene rings is 2. The van der Waals surface area contributed by atoms with Crippen molar-refractivity contribution in [1.29, 1.82) is 0 Å². The molecular weight excluding hydrogens is 821 g/mol. The van der Waals surface area contributed by atoms with E-state index in [2.05, 4.69) is 34.9 Å². The van der Waals surface area contributed by atoms with Gasteiger partial charge in [0.25, 0.3) is 0 Å². The highest BCUT2D eigenvalue weighted by atomic mass is 16.6. The molecule has 0 atom stereocenters. The SMILES string of the molecule is O=C(NCCOCCOCCOCCOCCOCCOCCOCCOCCOCCOCCOCCOCCOC1CCNCC1)OCC1c2ccccc2-c2ccccc21. The molecular formula is C46H74N2O15. The number of rotatable bonds is 42. The standard InChI is InChI=1S/C46H74N2O15/c49-46(63-39-45-43-7-3-1-5-41(43)42-6-2-4-8-44(42)45)48-13-14-50-15-16-51-17-18-52-19-20-53-21-22-54-23-24-55-25-26-56-27-28-57-29-30-58-31-32-59-33-34-60-35-36-61-37-38-62-40-9-11-47-12-10-40/h1-8,40,45,47H,9-39H2,(H,48,49). The maximum absolute atomic E-state index is 12.3. The van der Waals surface area contributed by atoms with E-state index in [-0.39, 0.29) is 12.5 Å². The minimum Gasteiger partial charge on any atom is -0.449 e. The van der Waals surface area contributed by atoms with Crippen molar-refractivity contribution in [3.63, 3.8) is 0 Å². The van der Waals surface area contributed by atoms with Crippen LogP contribution in [0.2, 0.25) is 0 Å². The average molecular weight is 895 g/mol. The average Bonchev–Trinajstić information content (AvgIpc) is 3.63. The van der Waals surface area contributed by atoms with Crippen molar-refractivity contribution in [3.8, 4) is 11.1 Å². The molecule has 17 nitrogen and oxygen atoms in total. The first-order valence-electron chi connectivity index (χ1n) is 22.7. The first-order valence-corrected chi connectivity index (χ1v) is 22.7. The Morgan fingerprint density at radius 1 is 0.444 bits per heavy atom. The smallest absolute Gasteiger partial charge is 0.407 e. The molecule has 2 aromatic carbocycles. The van der Waals surface area contributed by atoms with E-state index in [0.29, 0.717) is 178 Å². The molecule has 1 aliphatic heterocycles. The molecule has 0 radical (unpaired) electrons. The Hall–Kier alpha value is -2.85. The third-order valence-electron chi connectivity index (χ3n) is 9.82. The van der Waals surface area contributed by atoms with E-state index < -0.39 is 6.09 Å². The van der Waals surface area contributed by atoms with Gasteiger partial charge >= 0.3 is 6.09 Å². The minimum absolute atomic E-state index is 0.0344. The van der Waals surface area contributed by atoms with Gasteiger partial charge < -0.3 is 76.9 Å². The van der Waals surface area contributed by atoms with Crippen LogP contribution in [0.4, 0.5) is 4.79 Å². The van der Waals surface area contributed by atoms with Crippen LogP contribution in [0.3, 0.4) is 0 Å². The van der Waals surface area contributed by atoms with Gasteiger partial charge in [0.2, 0.25) is 0 Å². The van der Waals surface area contributed by atoms with E-state index >= 15 is 0 Å². The fraction of sp³-hybridized carbons (Fsp3) is 0.717. The summed E-state index contributed by atoms with van der Waals surface area (Å²) in [6, 6.07) is 16.5. The van der Waals surface area contributed by atoms with Gasteiger partial charge in [0.15, 0.2) is 0 Å². The maximum Gasteiger partial charge on any atom is 0.407 e. The number of carbonyl (C=O) groups excluding carboxylic acids is 1. The van der Waals surface area contributed by atoms with E-state index in [0.717, 1.165) is 25.9 Å². The molecule has 0 spiro atoms. The quantitative estimate of drug-likeness (QED) is 0.0929. The number of carbonyl (C=O) groups is 1. The second kappa shape index (κ2) is 37.4. The molecule has 2 aliphatic rings. The summed E-state index contributed by atoms with van der Waals surface area (Å²) in [7, 11) is 0. The molecule has 1 heterocycles. The van der Waals surface area contributed by atoms with Crippen molar-refractivity contribution >= 4 is 6.09 Å². The molecule has 4 rings (SSSR count). The Kier molecular flexibility index (Phi) is 31.3. The molecule has 17 heteroatoms. The summed E-state index contributed by atoms with van der Waals surface area (Å²) < 4.78 is 77.6. The number of piperidine rings is 1. The summed E-state index contributed by atoms with van der Waals surface area (Å²) in [4.78, 5) is 12.3. The molecule has 1 saturated heterocycles. The van der Waals surface area contributed by atoms with Crippen LogP contribution in [0.25, 0.3) is 11.1 Å². The van der Waals surface area contributed by atoms with Crippen molar-refractivity contribution in [2.75, 3.05) is 191 Å². The number of hydrogen-bond donors (Lipinski definition) is 2. The van der Waals surface area contributed by atoms with E-state index in [4.69, 9.17) is 66.3 Å². The largest absolute Gasteiger partial charge is 0.449 e. The monoisotopic (exact) mass is 895 g/mol. The number of nitrogens with one attached hydrogen (secondary N) is 2. The lowest BCUT2D eigenvalue weighted by atomic mass is 9.98. The lowest BCUT2D eigenvalue weighted by Gasteiger charge is -2.22. The zero-order valence-corrected chi connectivity index (χ0v) is 37.3. The van der Waals surface area contributed by atoms with Crippen molar-refractivity contribution in [1.82, 2.24) is 10.6 Å². The van der Waals surface area contributed by atoms with Gasteiger partial charge in [-0.3, -0.25) is 0 Å². The summed E-state index contributed by atoms with van der Waals surface area (Å²) in [5, 5.41) is 6.08.